The lowest BCUT2D eigenvalue weighted by Crippen LogP contribution is -2.24. The average molecular weight is 538 g/mol. The van der Waals surface area contributed by atoms with Gasteiger partial charge in [0.2, 0.25) is 12.4 Å². The molecule has 0 atom stereocenters. The summed E-state index contributed by atoms with van der Waals surface area (Å²) < 4.78 is 52.2. The number of fused-ring (bicyclic) bond motifs is 2. The first-order valence-electron chi connectivity index (χ1n) is 9.71. The SMILES string of the molecule is N=c1ncc2[nH]c(Sc3cc4c(cc3Br)OCO4)nc2n1CCc1cccc(C(F)(F)F)c1. The Hall–Kier alpha value is -2.99. The number of aryl methyl sites for hydroxylation is 2. The van der Waals surface area contributed by atoms with Crippen molar-refractivity contribution >= 4 is 38.9 Å². The van der Waals surface area contributed by atoms with Crippen molar-refractivity contribution in [2.45, 2.75) is 29.2 Å². The number of aromatic nitrogens is 4. The van der Waals surface area contributed by atoms with Crippen LogP contribution in [0.15, 0.2) is 57.1 Å². The summed E-state index contributed by atoms with van der Waals surface area (Å²) in [5.41, 5.74) is 0.917. The highest BCUT2D eigenvalue weighted by Gasteiger charge is 2.30. The largest absolute Gasteiger partial charge is 0.454 e. The van der Waals surface area contributed by atoms with E-state index in [1.165, 1.54) is 24.0 Å². The minimum atomic E-state index is -4.40. The van der Waals surface area contributed by atoms with Gasteiger partial charge >= 0.3 is 6.18 Å². The molecule has 0 radical (unpaired) electrons. The minimum Gasteiger partial charge on any atom is -0.454 e. The van der Waals surface area contributed by atoms with Crippen molar-refractivity contribution < 1.29 is 22.6 Å². The lowest BCUT2D eigenvalue weighted by atomic mass is 10.1. The number of ether oxygens (including phenoxy) is 2. The van der Waals surface area contributed by atoms with Gasteiger partial charge in [-0.15, -0.1) is 0 Å². The molecule has 7 nitrogen and oxygen atoms in total. The first-order valence-corrected chi connectivity index (χ1v) is 11.3. The van der Waals surface area contributed by atoms with E-state index in [2.05, 4.69) is 30.9 Å². The molecule has 0 unspecified atom stereocenters. The number of aromatic amines is 1. The molecule has 0 saturated carbocycles. The van der Waals surface area contributed by atoms with E-state index in [1.807, 2.05) is 12.1 Å². The fourth-order valence-electron chi connectivity index (χ4n) is 3.43. The van der Waals surface area contributed by atoms with Gasteiger partial charge in [0, 0.05) is 15.9 Å². The predicted octanol–water partition coefficient (Wildman–Crippen LogP) is 5.14. The number of alkyl halides is 3. The summed E-state index contributed by atoms with van der Waals surface area (Å²) in [4.78, 5) is 12.7. The molecular formula is C21H15BrF3N5O2S. The third kappa shape index (κ3) is 4.44. The molecule has 3 heterocycles. The van der Waals surface area contributed by atoms with Crippen LogP contribution in [0.3, 0.4) is 0 Å². The molecule has 1 aliphatic rings. The van der Waals surface area contributed by atoms with Gasteiger partial charge in [-0.2, -0.15) is 13.2 Å². The van der Waals surface area contributed by atoms with Crippen LogP contribution in [0.1, 0.15) is 11.1 Å². The maximum Gasteiger partial charge on any atom is 0.416 e. The van der Waals surface area contributed by atoms with Crippen LogP contribution in [-0.2, 0) is 19.1 Å². The molecule has 2 aromatic heterocycles. The second kappa shape index (κ2) is 8.41. The summed E-state index contributed by atoms with van der Waals surface area (Å²) >= 11 is 4.89. The van der Waals surface area contributed by atoms with Crippen LogP contribution in [0.2, 0.25) is 0 Å². The third-order valence-electron chi connectivity index (χ3n) is 5.03. The van der Waals surface area contributed by atoms with Crippen molar-refractivity contribution in [2.24, 2.45) is 0 Å². The molecule has 2 aromatic carbocycles. The number of H-pyrrole nitrogens is 1. The Kier molecular flexibility index (Phi) is 5.57. The Labute approximate surface area is 197 Å². The Morgan fingerprint density at radius 2 is 1.97 bits per heavy atom. The lowest BCUT2D eigenvalue weighted by molar-refractivity contribution is -0.137. The second-order valence-electron chi connectivity index (χ2n) is 7.20. The van der Waals surface area contributed by atoms with E-state index < -0.39 is 11.7 Å². The fourth-order valence-corrected chi connectivity index (χ4v) is 4.82. The molecule has 12 heteroatoms. The van der Waals surface area contributed by atoms with E-state index in [-0.39, 0.29) is 19.0 Å². The van der Waals surface area contributed by atoms with Crippen LogP contribution in [-0.4, -0.2) is 26.3 Å². The normalized spacial score (nSPS) is 13.1. The van der Waals surface area contributed by atoms with Crippen molar-refractivity contribution in [3.05, 3.63) is 63.8 Å². The van der Waals surface area contributed by atoms with E-state index in [9.17, 15) is 13.2 Å². The molecule has 2 N–H and O–H groups in total. The van der Waals surface area contributed by atoms with Gasteiger partial charge in [0.1, 0.15) is 5.52 Å². The third-order valence-corrected chi connectivity index (χ3v) is 6.89. The highest BCUT2D eigenvalue weighted by molar-refractivity contribution is 9.10. The van der Waals surface area contributed by atoms with Crippen molar-refractivity contribution in [3.63, 3.8) is 0 Å². The molecule has 0 aliphatic carbocycles. The Morgan fingerprint density at radius 1 is 1.18 bits per heavy atom. The first kappa shape index (κ1) is 21.8. The number of hydrogen-bond donors (Lipinski definition) is 2. The van der Waals surface area contributed by atoms with E-state index >= 15 is 0 Å². The summed E-state index contributed by atoms with van der Waals surface area (Å²) in [5.74, 6) is 1.30. The standard InChI is InChI=1S/C21H15BrF3N5O2S/c22-13-7-15-16(32-10-31-15)8-17(13)33-20-28-14-9-27-19(26)30(18(14)29-20)5-4-11-2-1-3-12(6-11)21(23,24)25/h1-3,6-9,26H,4-5,10H2,(H,28,29). The molecule has 0 fully saturated rings. The zero-order valence-electron chi connectivity index (χ0n) is 16.7. The van der Waals surface area contributed by atoms with E-state index in [1.54, 1.807) is 10.6 Å². The number of hydrogen-bond acceptors (Lipinski definition) is 6. The van der Waals surface area contributed by atoms with Crippen LogP contribution in [0.25, 0.3) is 11.2 Å². The monoisotopic (exact) mass is 537 g/mol. The van der Waals surface area contributed by atoms with Crippen molar-refractivity contribution in [1.82, 2.24) is 19.5 Å². The molecule has 0 spiro atoms. The molecule has 0 amide bonds. The van der Waals surface area contributed by atoms with Gasteiger partial charge in [-0.05, 0) is 46.1 Å². The average Bonchev–Trinajstić information content (AvgIpc) is 3.39. The number of nitrogens with zero attached hydrogens (tertiary/aromatic N) is 3. The molecule has 5 rings (SSSR count). The van der Waals surface area contributed by atoms with Gasteiger partial charge in [-0.1, -0.05) is 30.0 Å². The molecule has 4 aromatic rings. The summed E-state index contributed by atoms with van der Waals surface area (Å²) in [6.45, 7) is 0.428. The van der Waals surface area contributed by atoms with Gasteiger partial charge in [0.25, 0.3) is 0 Å². The van der Waals surface area contributed by atoms with Gasteiger partial charge in [-0.3, -0.25) is 9.98 Å². The number of nitrogens with one attached hydrogen (secondary N) is 2. The fraction of sp³-hybridized carbons (Fsp3) is 0.190. The highest BCUT2D eigenvalue weighted by atomic mass is 79.9. The zero-order chi connectivity index (χ0) is 23.2. The quantitative estimate of drug-likeness (QED) is 0.368. The molecule has 170 valence electrons. The van der Waals surface area contributed by atoms with Crippen LogP contribution in [0.5, 0.6) is 11.5 Å². The topological polar surface area (TPSA) is 88.8 Å². The first-order chi connectivity index (χ1) is 15.8. The minimum absolute atomic E-state index is 0.0261. The molecule has 33 heavy (non-hydrogen) atoms. The van der Waals surface area contributed by atoms with Crippen molar-refractivity contribution in [2.75, 3.05) is 6.79 Å². The Balaban J connectivity index is 1.42. The second-order valence-corrected chi connectivity index (χ2v) is 9.08. The molecule has 0 saturated heterocycles. The van der Waals surface area contributed by atoms with Crippen LogP contribution < -0.4 is 15.1 Å². The summed E-state index contributed by atoms with van der Waals surface area (Å²) in [5, 5.41) is 8.76. The zero-order valence-corrected chi connectivity index (χ0v) is 19.1. The summed E-state index contributed by atoms with van der Waals surface area (Å²) in [6, 6.07) is 8.86. The van der Waals surface area contributed by atoms with Crippen molar-refractivity contribution in [1.29, 1.82) is 5.41 Å². The van der Waals surface area contributed by atoms with Crippen LogP contribution in [0, 0.1) is 5.41 Å². The molecule has 1 aliphatic heterocycles. The van der Waals surface area contributed by atoms with E-state index in [0.29, 0.717) is 39.8 Å². The maximum atomic E-state index is 13.0. The lowest BCUT2D eigenvalue weighted by Gasteiger charge is -2.10. The summed E-state index contributed by atoms with van der Waals surface area (Å²) in [7, 11) is 0. The van der Waals surface area contributed by atoms with Gasteiger partial charge < -0.3 is 14.5 Å². The maximum absolute atomic E-state index is 13.0. The van der Waals surface area contributed by atoms with Gasteiger partial charge in [0.05, 0.1) is 11.8 Å². The van der Waals surface area contributed by atoms with Gasteiger partial charge in [0.15, 0.2) is 22.3 Å². The van der Waals surface area contributed by atoms with Crippen molar-refractivity contribution in [3.8, 4) is 11.5 Å². The Morgan fingerprint density at radius 3 is 2.76 bits per heavy atom. The van der Waals surface area contributed by atoms with Crippen LogP contribution >= 0.6 is 27.7 Å². The molecule has 0 bridgehead atoms. The number of rotatable bonds is 5. The molecular weight excluding hydrogens is 523 g/mol. The van der Waals surface area contributed by atoms with E-state index in [4.69, 9.17) is 14.9 Å². The Bertz CT molecular complexity index is 1420. The highest BCUT2D eigenvalue weighted by Crippen LogP contribution is 2.42. The smallest absolute Gasteiger partial charge is 0.416 e. The number of imidazole rings is 1. The van der Waals surface area contributed by atoms with Gasteiger partial charge in [-0.25, -0.2) is 9.97 Å². The van der Waals surface area contributed by atoms with E-state index in [0.717, 1.165) is 21.5 Å². The predicted molar refractivity (Wildman–Crippen MR) is 117 cm³/mol. The summed E-state index contributed by atoms with van der Waals surface area (Å²) in [6.07, 6.45) is -2.59. The van der Waals surface area contributed by atoms with Crippen LogP contribution in [0.4, 0.5) is 13.2 Å². The number of halogens is 4. The number of benzene rings is 2.